The molecule has 0 fully saturated rings. The average Bonchev–Trinajstić information content (AvgIpc) is 2.48. The average molecular weight is 310 g/mol. The maximum atomic E-state index is 11.8. The van der Waals surface area contributed by atoms with Crippen molar-refractivity contribution in [2.24, 2.45) is 0 Å². The Balaban J connectivity index is 1.98. The van der Waals surface area contributed by atoms with Gasteiger partial charge in [-0.25, -0.2) is 9.78 Å². The van der Waals surface area contributed by atoms with E-state index in [2.05, 4.69) is 4.98 Å². The van der Waals surface area contributed by atoms with Gasteiger partial charge in [-0.15, -0.1) is 0 Å². The minimum atomic E-state index is -0.680. The van der Waals surface area contributed by atoms with Crippen LogP contribution in [0.3, 0.4) is 0 Å². The molecule has 0 aliphatic rings. The Kier molecular flexibility index (Phi) is 4.71. The number of hydrogen-bond acceptors (Lipinski definition) is 4. The summed E-state index contributed by atoms with van der Waals surface area (Å²) in [5.41, 5.74) is 0.618. The first kappa shape index (κ1) is 14.5. The van der Waals surface area contributed by atoms with Crippen LogP contribution < -0.4 is 0 Å². The summed E-state index contributed by atoms with van der Waals surface area (Å²) in [6, 6.07) is 9.90. The molecule has 0 aliphatic carbocycles. The number of benzene rings is 1. The number of hydrogen-bond donors (Lipinski definition) is 0. The first-order chi connectivity index (χ1) is 9.58. The fourth-order valence-corrected chi connectivity index (χ4v) is 1.72. The van der Waals surface area contributed by atoms with Crippen molar-refractivity contribution in [3.05, 3.63) is 63.9 Å². The number of ketones is 1. The van der Waals surface area contributed by atoms with Crippen LogP contribution in [0.1, 0.15) is 20.7 Å². The van der Waals surface area contributed by atoms with Gasteiger partial charge in [0, 0.05) is 11.8 Å². The third-order valence-corrected chi connectivity index (χ3v) is 3.15. The van der Waals surface area contributed by atoms with Crippen LogP contribution in [0.15, 0.2) is 42.6 Å². The molecule has 0 saturated heterocycles. The van der Waals surface area contributed by atoms with Gasteiger partial charge in [0.2, 0.25) is 0 Å². The van der Waals surface area contributed by atoms with E-state index in [-0.39, 0.29) is 28.1 Å². The highest BCUT2D eigenvalue weighted by Gasteiger charge is 2.13. The van der Waals surface area contributed by atoms with E-state index >= 15 is 0 Å². The molecule has 1 heterocycles. The van der Waals surface area contributed by atoms with E-state index < -0.39 is 5.97 Å². The van der Waals surface area contributed by atoms with Gasteiger partial charge in [-0.3, -0.25) is 4.79 Å². The number of halogens is 2. The summed E-state index contributed by atoms with van der Waals surface area (Å²) < 4.78 is 4.91. The van der Waals surface area contributed by atoms with Crippen molar-refractivity contribution in [2.45, 2.75) is 0 Å². The summed E-state index contributed by atoms with van der Waals surface area (Å²) in [7, 11) is 0. The normalized spacial score (nSPS) is 10.1. The predicted molar refractivity (Wildman–Crippen MR) is 75.3 cm³/mol. The van der Waals surface area contributed by atoms with E-state index in [1.165, 1.54) is 12.3 Å². The van der Waals surface area contributed by atoms with Crippen LogP contribution in [0.4, 0.5) is 0 Å². The molecule has 1 aromatic heterocycles. The second kappa shape index (κ2) is 6.50. The monoisotopic (exact) mass is 309 g/mol. The zero-order valence-corrected chi connectivity index (χ0v) is 11.7. The van der Waals surface area contributed by atoms with Crippen molar-refractivity contribution in [3.8, 4) is 0 Å². The zero-order valence-electron chi connectivity index (χ0n) is 10.2. The Morgan fingerprint density at radius 1 is 1.10 bits per heavy atom. The molecule has 0 bridgehead atoms. The van der Waals surface area contributed by atoms with Gasteiger partial charge in [0.05, 0.1) is 10.6 Å². The number of carbonyl (C=O) groups is 2. The summed E-state index contributed by atoms with van der Waals surface area (Å²) in [5, 5.41) is 0.249. The third kappa shape index (κ3) is 3.56. The molecule has 0 aliphatic heterocycles. The molecule has 0 atom stereocenters. The van der Waals surface area contributed by atoms with Crippen molar-refractivity contribution in [2.75, 3.05) is 6.61 Å². The summed E-state index contributed by atoms with van der Waals surface area (Å²) in [6.07, 6.45) is 1.24. The smallest absolute Gasteiger partial charge is 0.340 e. The fourth-order valence-electron chi connectivity index (χ4n) is 1.45. The molecule has 2 rings (SSSR count). The molecule has 20 heavy (non-hydrogen) atoms. The number of carbonyl (C=O) groups excluding carboxylic acids is 2. The minimum Gasteiger partial charge on any atom is -0.454 e. The molecule has 0 saturated carbocycles. The number of rotatable bonds is 4. The van der Waals surface area contributed by atoms with Gasteiger partial charge in [-0.05, 0) is 6.07 Å². The van der Waals surface area contributed by atoms with E-state index in [1.807, 2.05) is 0 Å². The highest BCUT2D eigenvalue weighted by atomic mass is 35.5. The van der Waals surface area contributed by atoms with Crippen LogP contribution in [-0.4, -0.2) is 23.3 Å². The van der Waals surface area contributed by atoms with Gasteiger partial charge in [0.1, 0.15) is 5.15 Å². The molecule has 102 valence electrons. The predicted octanol–water partition coefficient (Wildman–Crippen LogP) is 3.43. The van der Waals surface area contributed by atoms with Gasteiger partial charge in [-0.2, -0.15) is 0 Å². The highest BCUT2D eigenvalue weighted by Crippen LogP contribution is 2.20. The van der Waals surface area contributed by atoms with E-state index in [1.54, 1.807) is 30.3 Å². The van der Waals surface area contributed by atoms with Gasteiger partial charge < -0.3 is 4.74 Å². The van der Waals surface area contributed by atoms with Crippen molar-refractivity contribution in [1.82, 2.24) is 4.98 Å². The molecular weight excluding hydrogens is 301 g/mol. The van der Waals surface area contributed by atoms with Crippen LogP contribution in [-0.2, 0) is 4.74 Å². The van der Waals surface area contributed by atoms with Crippen molar-refractivity contribution in [1.29, 1.82) is 0 Å². The number of esters is 1. The SMILES string of the molecule is O=C(COC(=O)c1cnc(Cl)c(Cl)c1)c1ccccc1. The highest BCUT2D eigenvalue weighted by molar-refractivity contribution is 6.41. The topological polar surface area (TPSA) is 56.3 Å². The molecule has 4 nitrogen and oxygen atoms in total. The first-order valence-corrected chi connectivity index (χ1v) is 6.40. The molecule has 0 radical (unpaired) electrons. The van der Waals surface area contributed by atoms with Gasteiger partial charge >= 0.3 is 5.97 Å². The molecule has 0 unspecified atom stereocenters. The Hall–Kier alpha value is -1.91. The lowest BCUT2D eigenvalue weighted by Crippen LogP contribution is -2.14. The Morgan fingerprint density at radius 2 is 1.80 bits per heavy atom. The molecule has 0 amide bonds. The van der Waals surface area contributed by atoms with Gasteiger partial charge in [-0.1, -0.05) is 53.5 Å². The van der Waals surface area contributed by atoms with Crippen molar-refractivity contribution >= 4 is 35.0 Å². The van der Waals surface area contributed by atoms with Crippen molar-refractivity contribution < 1.29 is 14.3 Å². The van der Waals surface area contributed by atoms with E-state index in [9.17, 15) is 9.59 Å². The number of aromatic nitrogens is 1. The van der Waals surface area contributed by atoms with E-state index in [0.29, 0.717) is 5.56 Å². The molecule has 1 aromatic carbocycles. The van der Waals surface area contributed by atoms with Crippen LogP contribution in [0.5, 0.6) is 0 Å². The lowest BCUT2D eigenvalue weighted by atomic mass is 10.1. The first-order valence-electron chi connectivity index (χ1n) is 5.64. The summed E-state index contributed by atoms with van der Waals surface area (Å²) in [5.74, 6) is -0.965. The number of Topliss-reactive ketones (excluding diaryl/α,β-unsaturated/α-hetero) is 1. The summed E-state index contributed by atoms with van der Waals surface area (Å²) in [4.78, 5) is 27.2. The second-order valence-electron chi connectivity index (χ2n) is 3.86. The maximum Gasteiger partial charge on any atom is 0.340 e. The largest absolute Gasteiger partial charge is 0.454 e. The number of pyridine rings is 1. The summed E-state index contributed by atoms with van der Waals surface area (Å²) in [6.45, 7) is -0.344. The van der Waals surface area contributed by atoms with Gasteiger partial charge in [0.15, 0.2) is 12.4 Å². The Labute approximate surface area is 125 Å². The Bertz CT molecular complexity index is 644. The maximum absolute atomic E-state index is 11.8. The summed E-state index contributed by atoms with van der Waals surface area (Å²) >= 11 is 11.4. The zero-order chi connectivity index (χ0) is 14.5. The fraction of sp³-hybridized carbons (Fsp3) is 0.0714. The lowest BCUT2D eigenvalue weighted by Gasteiger charge is -2.05. The quantitative estimate of drug-likeness (QED) is 0.493. The van der Waals surface area contributed by atoms with Crippen LogP contribution in [0.2, 0.25) is 10.2 Å². The molecule has 6 heteroatoms. The minimum absolute atomic E-state index is 0.101. The molecule has 2 aromatic rings. The third-order valence-electron chi connectivity index (χ3n) is 2.46. The van der Waals surface area contributed by atoms with E-state index in [0.717, 1.165) is 0 Å². The molecular formula is C14H9Cl2NO3. The van der Waals surface area contributed by atoms with Crippen molar-refractivity contribution in [3.63, 3.8) is 0 Å². The standard InChI is InChI=1S/C14H9Cl2NO3/c15-11-6-10(7-17-13(11)16)14(19)20-8-12(18)9-4-2-1-3-5-9/h1-7H,8H2. The van der Waals surface area contributed by atoms with Crippen LogP contribution in [0, 0.1) is 0 Å². The number of ether oxygens (including phenoxy) is 1. The lowest BCUT2D eigenvalue weighted by molar-refractivity contribution is 0.0474. The van der Waals surface area contributed by atoms with E-state index in [4.69, 9.17) is 27.9 Å². The van der Waals surface area contributed by atoms with Gasteiger partial charge in [0.25, 0.3) is 0 Å². The second-order valence-corrected chi connectivity index (χ2v) is 4.63. The van der Waals surface area contributed by atoms with Crippen LogP contribution >= 0.6 is 23.2 Å². The number of nitrogens with zero attached hydrogens (tertiary/aromatic N) is 1. The molecule has 0 spiro atoms. The van der Waals surface area contributed by atoms with Crippen LogP contribution in [0.25, 0.3) is 0 Å². The molecule has 0 N–H and O–H groups in total. The Morgan fingerprint density at radius 3 is 2.45 bits per heavy atom.